The second kappa shape index (κ2) is 6.01. The summed E-state index contributed by atoms with van der Waals surface area (Å²) < 4.78 is 5.64. The molecule has 0 bridgehead atoms. The van der Waals surface area contributed by atoms with Crippen molar-refractivity contribution in [3.8, 4) is 0 Å². The maximum absolute atomic E-state index is 6.27. The SMILES string of the molecule is Clc1ccc(C[C@@H]2COCC[C@@H]2NC2CC2)c(Cl)c1. The van der Waals surface area contributed by atoms with E-state index in [-0.39, 0.29) is 0 Å². The Balaban J connectivity index is 1.68. The highest BCUT2D eigenvalue weighted by Crippen LogP contribution is 2.29. The van der Waals surface area contributed by atoms with Gasteiger partial charge in [0.05, 0.1) is 6.61 Å². The van der Waals surface area contributed by atoms with Crippen LogP contribution in [0.25, 0.3) is 0 Å². The lowest BCUT2D eigenvalue weighted by Gasteiger charge is -2.32. The number of rotatable bonds is 4. The molecule has 2 aliphatic rings. The second-order valence-corrected chi connectivity index (χ2v) is 6.45. The third-order valence-electron chi connectivity index (χ3n) is 4.00. The van der Waals surface area contributed by atoms with Gasteiger partial charge in [0, 0.05) is 34.7 Å². The maximum atomic E-state index is 6.27. The van der Waals surface area contributed by atoms with E-state index in [4.69, 9.17) is 27.9 Å². The van der Waals surface area contributed by atoms with E-state index in [1.807, 2.05) is 18.2 Å². The van der Waals surface area contributed by atoms with Crippen molar-refractivity contribution in [1.82, 2.24) is 5.32 Å². The smallest absolute Gasteiger partial charge is 0.0512 e. The molecule has 1 aromatic rings. The van der Waals surface area contributed by atoms with E-state index >= 15 is 0 Å². The van der Waals surface area contributed by atoms with Gasteiger partial charge in [-0.1, -0.05) is 29.3 Å². The van der Waals surface area contributed by atoms with Gasteiger partial charge in [-0.2, -0.15) is 0 Å². The first-order valence-electron chi connectivity index (χ1n) is 7.00. The monoisotopic (exact) mass is 299 g/mol. The molecule has 0 aromatic heterocycles. The minimum absolute atomic E-state index is 0.507. The quantitative estimate of drug-likeness (QED) is 0.915. The van der Waals surface area contributed by atoms with Crippen LogP contribution >= 0.6 is 23.2 Å². The number of nitrogens with one attached hydrogen (secondary N) is 1. The van der Waals surface area contributed by atoms with Crippen LogP contribution in [0.3, 0.4) is 0 Å². The average Bonchev–Trinajstić information content (AvgIpc) is 3.19. The number of hydrogen-bond donors (Lipinski definition) is 1. The van der Waals surface area contributed by atoms with Crippen molar-refractivity contribution >= 4 is 23.2 Å². The van der Waals surface area contributed by atoms with Crippen LogP contribution in [-0.2, 0) is 11.2 Å². The summed E-state index contributed by atoms with van der Waals surface area (Å²) in [6, 6.07) is 7.08. The summed E-state index contributed by atoms with van der Waals surface area (Å²) in [6.45, 7) is 1.69. The Morgan fingerprint density at radius 3 is 2.79 bits per heavy atom. The third kappa shape index (κ3) is 3.63. The van der Waals surface area contributed by atoms with Gasteiger partial charge in [-0.3, -0.25) is 0 Å². The van der Waals surface area contributed by atoms with Gasteiger partial charge in [-0.15, -0.1) is 0 Å². The molecule has 1 aliphatic carbocycles. The van der Waals surface area contributed by atoms with Crippen molar-refractivity contribution in [2.75, 3.05) is 13.2 Å². The predicted molar refractivity (Wildman–Crippen MR) is 79.0 cm³/mol. The molecule has 3 rings (SSSR count). The molecule has 1 aliphatic heterocycles. The molecule has 1 saturated carbocycles. The molecule has 0 amide bonds. The van der Waals surface area contributed by atoms with Crippen LogP contribution in [0.1, 0.15) is 24.8 Å². The lowest BCUT2D eigenvalue weighted by atomic mass is 9.89. The molecule has 1 aromatic carbocycles. The summed E-state index contributed by atoms with van der Waals surface area (Å²) in [4.78, 5) is 0. The normalized spacial score (nSPS) is 27.5. The zero-order valence-corrected chi connectivity index (χ0v) is 12.4. The van der Waals surface area contributed by atoms with Gasteiger partial charge in [0.15, 0.2) is 0 Å². The Bertz CT molecular complexity index is 448. The van der Waals surface area contributed by atoms with Gasteiger partial charge in [0.25, 0.3) is 0 Å². The maximum Gasteiger partial charge on any atom is 0.0512 e. The van der Waals surface area contributed by atoms with E-state index < -0.39 is 0 Å². The molecule has 1 N–H and O–H groups in total. The Morgan fingerprint density at radius 2 is 2.05 bits per heavy atom. The van der Waals surface area contributed by atoms with Crippen LogP contribution in [0.5, 0.6) is 0 Å². The molecule has 2 atom stereocenters. The highest BCUT2D eigenvalue weighted by molar-refractivity contribution is 6.35. The van der Waals surface area contributed by atoms with E-state index in [1.54, 1.807) is 0 Å². The van der Waals surface area contributed by atoms with Crippen LogP contribution in [0.4, 0.5) is 0 Å². The highest BCUT2D eigenvalue weighted by Gasteiger charge is 2.31. The van der Waals surface area contributed by atoms with Crippen molar-refractivity contribution < 1.29 is 4.74 Å². The van der Waals surface area contributed by atoms with Gasteiger partial charge >= 0.3 is 0 Å². The molecule has 4 heteroatoms. The topological polar surface area (TPSA) is 21.3 Å². The van der Waals surface area contributed by atoms with Crippen molar-refractivity contribution in [2.45, 2.75) is 37.8 Å². The van der Waals surface area contributed by atoms with Crippen LogP contribution in [0.15, 0.2) is 18.2 Å². The lowest BCUT2D eigenvalue weighted by Crippen LogP contribution is -2.44. The summed E-state index contributed by atoms with van der Waals surface area (Å²) in [6.07, 6.45) is 4.71. The van der Waals surface area contributed by atoms with Crippen molar-refractivity contribution in [3.05, 3.63) is 33.8 Å². The number of hydrogen-bond acceptors (Lipinski definition) is 2. The van der Waals surface area contributed by atoms with Crippen molar-refractivity contribution in [3.63, 3.8) is 0 Å². The first-order chi connectivity index (χ1) is 9.22. The molecule has 0 unspecified atom stereocenters. The van der Waals surface area contributed by atoms with Gasteiger partial charge in [0.1, 0.15) is 0 Å². The van der Waals surface area contributed by atoms with Crippen LogP contribution < -0.4 is 5.32 Å². The largest absolute Gasteiger partial charge is 0.381 e. The molecule has 2 nitrogen and oxygen atoms in total. The predicted octanol–water partition coefficient (Wildman–Crippen LogP) is 3.69. The van der Waals surface area contributed by atoms with Gasteiger partial charge in [-0.05, 0) is 43.4 Å². The number of ether oxygens (including phenoxy) is 1. The molecule has 19 heavy (non-hydrogen) atoms. The van der Waals surface area contributed by atoms with Crippen molar-refractivity contribution in [2.24, 2.45) is 5.92 Å². The minimum Gasteiger partial charge on any atom is -0.381 e. The van der Waals surface area contributed by atoms with Gasteiger partial charge < -0.3 is 10.1 Å². The van der Waals surface area contributed by atoms with E-state index in [1.165, 1.54) is 18.4 Å². The standard InChI is InChI=1S/C15H19Cl2NO/c16-12-2-1-10(14(17)8-12)7-11-9-19-6-5-15(11)18-13-3-4-13/h1-2,8,11,13,15,18H,3-7,9H2/t11-,15+/m1/s1. The Kier molecular flexibility index (Phi) is 4.33. The molecule has 1 heterocycles. The first kappa shape index (κ1) is 13.7. The fourth-order valence-corrected chi connectivity index (χ4v) is 3.23. The van der Waals surface area contributed by atoms with E-state index in [2.05, 4.69) is 5.32 Å². The van der Waals surface area contributed by atoms with Crippen molar-refractivity contribution in [1.29, 1.82) is 0 Å². The summed E-state index contributed by atoms with van der Waals surface area (Å²) in [7, 11) is 0. The summed E-state index contributed by atoms with van der Waals surface area (Å²) in [5.74, 6) is 0.507. The minimum atomic E-state index is 0.507. The van der Waals surface area contributed by atoms with Gasteiger partial charge in [-0.25, -0.2) is 0 Å². The fourth-order valence-electron chi connectivity index (χ4n) is 2.74. The summed E-state index contributed by atoms with van der Waals surface area (Å²) in [5, 5.41) is 5.21. The van der Waals surface area contributed by atoms with E-state index in [0.717, 1.165) is 37.1 Å². The molecular formula is C15H19Cl2NO. The molecule has 0 radical (unpaired) electrons. The van der Waals surface area contributed by atoms with E-state index in [0.29, 0.717) is 17.0 Å². The van der Waals surface area contributed by atoms with Crippen LogP contribution in [0, 0.1) is 5.92 Å². The lowest BCUT2D eigenvalue weighted by molar-refractivity contribution is 0.0316. The highest BCUT2D eigenvalue weighted by atomic mass is 35.5. The first-order valence-corrected chi connectivity index (χ1v) is 7.75. The molecule has 0 spiro atoms. The second-order valence-electron chi connectivity index (χ2n) is 5.61. The van der Waals surface area contributed by atoms with Gasteiger partial charge in [0.2, 0.25) is 0 Å². The molecule has 104 valence electrons. The summed E-state index contributed by atoms with van der Waals surface area (Å²) >= 11 is 12.2. The average molecular weight is 300 g/mol. The molecular weight excluding hydrogens is 281 g/mol. The number of benzene rings is 1. The Hall–Kier alpha value is -0.280. The number of halogens is 2. The Labute approximate surface area is 124 Å². The fraction of sp³-hybridized carbons (Fsp3) is 0.600. The van der Waals surface area contributed by atoms with Crippen LogP contribution in [0.2, 0.25) is 10.0 Å². The zero-order valence-electron chi connectivity index (χ0n) is 10.9. The molecule has 2 fully saturated rings. The third-order valence-corrected chi connectivity index (χ3v) is 4.59. The summed E-state index contributed by atoms with van der Waals surface area (Å²) in [5.41, 5.74) is 1.17. The van der Waals surface area contributed by atoms with Crippen LogP contribution in [-0.4, -0.2) is 25.3 Å². The van der Waals surface area contributed by atoms with E-state index in [9.17, 15) is 0 Å². The molecule has 1 saturated heterocycles. The Morgan fingerprint density at radius 1 is 1.21 bits per heavy atom. The zero-order chi connectivity index (χ0) is 13.2.